The summed E-state index contributed by atoms with van der Waals surface area (Å²) in [5, 5.41) is 34.4. The molecule has 0 bridgehead atoms. The van der Waals surface area contributed by atoms with Crippen molar-refractivity contribution in [3.8, 4) is 0 Å². The third-order valence-electron chi connectivity index (χ3n) is 5.36. The van der Waals surface area contributed by atoms with Crippen LogP contribution in [-0.2, 0) is 36.8 Å². The molecule has 4 atom stereocenters. The lowest BCUT2D eigenvalue weighted by Gasteiger charge is -2.24. The zero-order valence-electron chi connectivity index (χ0n) is 19.9. The van der Waals surface area contributed by atoms with Gasteiger partial charge >= 0.3 is 11.9 Å². The number of aliphatic hydroxyl groups is 1. The van der Waals surface area contributed by atoms with Crippen LogP contribution in [0.2, 0.25) is 0 Å². The maximum Gasteiger partial charge on any atom is 0.326 e. The lowest BCUT2D eigenvalue weighted by molar-refractivity contribution is -0.147. The fraction of sp³-hybridized carbons (Fsp3) is 0.320. The number of nitrogens with two attached hydrogens (primary N) is 1. The summed E-state index contributed by atoms with van der Waals surface area (Å²) < 4.78 is 0. The Labute approximate surface area is 212 Å². The normalized spacial score (nSPS) is 13.9. The second-order valence-electron chi connectivity index (χ2n) is 8.29. The van der Waals surface area contributed by atoms with E-state index in [-0.39, 0.29) is 12.8 Å². The predicted octanol–water partition coefficient (Wildman–Crippen LogP) is -1.19. The van der Waals surface area contributed by atoms with Gasteiger partial charge in [0.1, 0.15) is 18.1 Å². The number of aliphatic carboxylic acids is 2. The molecule has 0 saturated heterocycles. The van der Waals surface area contributed by atoms with Crippen LogP contribution >= 0.6 is 0 Å². The Morgan fingerprint density at radius 3 is 1.62 bits per heavy atom. The topological polar surface area (TPSA) is 208 Å². The quantitative estimate of drug-likeness (QED) is 0.161. The number of carbonyl (C=O) groups excluding carboxylic acids is 3. The highest BCUT2D eigenvalue weighted by Crippen LogP contribution is 2.07. The molecule has 198 valence electrons. The van der Waals surface area contributed by atoms with Crippen LogP contribution in [0.4, 0.5) is 0 Å². The van der Waals surface area contributed by atoms with Gasteiger partial charge in [-0.2, -0.15) is 0 Å². The van der Waals surface area contributed by atoms with Gasteiger partial charge in [-0.05, 0) is 17.5 Å². The summed E-state index contributed by atoms with van der Waals surface area (Å²) in [5.41, 5.74) is 7.55. The van der Waals surface area contributed by atoms with Crippen molar-refractivity contribution in [1.29, 1.82) is 0 Å². The molecule has 37 heavy (non-hydrogen) atoms. The Morgan fingerprint density at radius 1 is 0.676 bits per heavy atom. The first-order valence-electron chi connectivity index (χ1n) is 11.4. The van der Waals surface area contributed by atoms with Gasteiger partial charge in [0.2, 0.25) is 17.7 Å². The van der Waals surface area contributed by atoms with E-state index in [1.165, 1.54) is 0 Å². The van der Waals surface area contributed by atoms with Crippen molar-refractivity contribution in [2.45, 2.75) is 43.4 Å². The minimum Gasteiger partial charge on any atom is -0.481 e. The minimum absolute atomic E-state index is 0.0347. The van der Waals surface area contributed by atoms with Crippen molar-refractivity contribution >= 4 is 29.7 Å². The van der Waals surface area contributed by atoms with E-state index >= 15 is 0 Å². The average molecular weight is 515 g/mol. The van der Waals surface area contributed by atoms with E-state index in [9.17, 15) is 29.1 Å². The lowest BCUT2D eigenvalue weighted by atomic mass is 10.0. The van der Waals surface area contributed by atoms with E-state index in [0.717, 1.165) is 5.56 Å². The summed E-state index contributed by atoms with van der Waals surface area (Å²) in [6.45, 7) is -0.906. The number of amides is 3. The van der Waals surface area contributed by atoms with Crippen LogP contribution in [0.3, 0.4) is 0 Å². The van der Waals surface area contributed by atoms with Crippen LogP contribution in [0.1, 0.15) is 17.5 Å². The molecule has 2 aromatic rings. The molecule has 0 unspecified atom stereocenters. The van der Waals surface area contributed by atoms with Crippen molar-refractivity contribution in [1.82, 2.24) is 16.0 Å². The summed E-state index contributed by atoms with van der Waals surface area (Å²) in [6, 6.07) is 12.2. The van der Waals surface area contributed by atoms with Gasteiger partial charge in [-0.1, -0.05) is 60.7 Å². The molecule has 0 fully saturated rings. The molecule has 0 aliphatic rings. The lowest BCUT2D eigenvalue weighted by Crippen LogP contribution is -2.58. The van der Waals surface area contributed by atoms with Crippen LogP contribution in [0, 0.1) is 0 Å². The Hall–Kier alpha value is -4.29. The van der Waals surface area contributed by atoms with Gasteiger partial charge in [0.15, 0.2) is 0 Å². The van der Waals surface area contributed by atoms with Gasteiger partial charge in [-0.3, -0.25) is 19.2 Å². The Morgan fingerprint density at radius 2 is 1.14 bits per heavy atom. The van der Waals surface area contributed by atoms with Crippen molar-refractivity contribution in [2.24, 2.45) is 5.73 Å². The molecule has 2 rings (SSSR count). The molecule has 0 aromatic heterocycles. The molecule has 2 aromatic carbocycles. The fourth-order valence-electron chi connectivity index (χ4n) is 3.41. The summed E-state index contributed by atoms with van der Waals surface area (Å²) in [6.07, 6.45) is -0.652. The van der Waals surface area contributed by atoms with E-state index in [1.54, 1.807) is 54.6 Å². The van der Waals surface area contributed by atoms with Gasteiger partial charge in [0, 0.05) is 6.42 Å². The molecule has 3 amide bonds. The fourth-order valence-corrected chi connectivity index (χ4v) is 3.41. The highest BCUT2D eigenvalue weighted by molar-refractivity contribution is 5.94. The smallest absolute Gasteiger partial charge is 0.326 e. The van der Waals surface area contributed by atoms with Crippen LogP contribution in [-0.4, -0.2) is 75.8 Å². The van der Waals surface area contributed by atoms with E-state index < -0.39 is 66.9 Å². The van der Waals surface area contributed by atoms with Gasteiger partial charge in [0.25, 0.3) is 0 Å². The average Bonchev–Trinajstić information content (AvgIpc) is 2.87. The third kappa shape index (κ3) is 9.70. The zero-order chi connectivity index (χ0) is 27.4. The van der Waals surface area contributed by atoms with Crippen molar-refractivity contribution in [3.63, 3.8) is 0 Å². The first kappa shape index (κ1) is 28.9. The summed E-state index contributed by atoms with van der Waals surface area (Å²) in [7, 11) is 0. The Bertz CT molecular complexity index is 1080. The van der Waals surface area contributed by atoms with E-state index in [2.05, 4.69) is 10.6 Å². The number of aliphatic hydroxyl groups excluding tert-OH is 1. The number of hydrogen-bond acceptors (Lipinski definition) is 7. The van der Waals surface area contributed by atoms with Crippen molar-refractivity contribution in [2.75, 3.05) is 6.61 Å². The third-order valence-corrected chi connectivity index (χ3v) is 5.36. The van der Waals surface area contributed by atoms with Gasteiger partial charge in [-0.25, -0.2) is 4.79 Å². The maximum absolute atomic E-state index is 13.1. The van der Waals surface area contributed by atoms with Gasteiger partial charge in [-0.15, -0.1) is 0 Å². The Balaban J connectivity index is 2.13. The van der Waals surface area contributed by atoms with Gasteiger partial charge in [0.05, 0.1) is 19.1 Å². The largest absolute Gasteiger partial charge is 0.481 e. The standard InChI is InChI=1S/C25H30N4O8/c26-17(11-15-7-3-1-4-8-15)22(33)27-18(12-16-9-5-2-6-10-16)23(34)29-20(14-30)24(35)28-19(25(36)37)13-21(31)32/h1-10,17-20,30H,11-14,26H2,(H,27,33)(H,28,35)(H,29,34)(H,31,32)(H,36,37)/t17-,18-,19-,20-/m0/s1. The number of carboxylic acid groups (broad SMARTS) is 2. The number of hydrogen-bond donors (Lipinski definition) is 7. The molecule has 0 aliphatic heterocycles. The first-order chi connectivity index (χ1) is 17.6. The molecule has 0 radical (unpaired) electrons. The first-order valence-corrected chi connectivity index (χ1v) is 11.4. The van der Waals surface area contributed by atoms with Crippen LogP contribution in [0.25, 0.3) is 0 Å². The number of benzene rings is 2. The molecule has 12 nitrogen and oxygen atoms in total. The molecular formula is C25H30N4O8. The van der Waals surface area contributed by atoms with Crippen molar-refractivity contribution in [3.05, 3.63) is 71.8 Å². The summed E-state index contributed by atoms with van der Waals surface area (Å²) >= 11 is 0. The molecule has 12 heteroatoms. The molecule has 0 spiro atoms. The molecule has 0 aliphatic carbocycles. The predicted molar refractivity (Wildman–Crippen MR) is 131 cm³/mol. The van der Waals surface area contributed by atoms with E-state index in [4.69, 9.17) is 15.9 Å². The zero-order valence-corrected chi connectivity index (χ0v) is 19.9. The van der Waals surface area contributed by atoms with Crippen LogP contribution in [0.5, 0.6) is 0 Å². The van der Waals surface area contributed by atoms with E-state index in [0.29, 0.717) is 5.56 Å². The van der Waals surface area contributed by atoms with Crippen LogP contribution in [0.15, 0.2) is 60.7 Å². The molecule has 0 saturated carbocycles. The summed E-state index contributed by atoms with van der Waals surface area (Å²) in [4.78, 5) is 60.4. The Kier molecular flexibility index (Phi) is 11.2. The highest BCUT2D eigenvalue weighted by Gasteiger charge is 2.31. The van der Waals surface area contributed by atoms with Crippen molar-refractivity contribution < 1.29 is 39.3 Å². The number of nitrogens with one attached hydrogen (secondary N) is 3. The van der Waals surface area contributed by atoms with Crippen LogP contribution < -0.4 is 21.7 Å². The SMILES string of the molecule is N[C@@H](Cc1ccccc1)C(=O)N[C@@H](Cc1ccccc1)C(=O)N[C@@H](CO)C(=O)N[C@@H](CC(=O)O)C(=O)O. The second kappa shape index (κ2) is 14.3. The molecular weight excluding hydrogens is 484 g/mol. The number of carbonyl (C=O) groups is 5. The summed E-state index contributed by atoms with van der Waals surface area (Å²) in [5.74, 6) is -5.61. The van der Waals surface area contributed by atoms with Gasteiger partial charge < -0.3 is 37.0 Å². The minimum atomic E-state index is -1.77. The maximum atomic E-state index is 13.1. The number of carboxylic acids is 2. The second-order valence-corrected chi connectivity index (χ2v) is 8.29. The molecule has 0 heterocycles. The van der Waals surface area contributed by atoms with E-state index in [1.807, 2.05) is 11.4 Å². The number of rotatable bonds is 14. The highest BCUT2D eigenvalue weighted by atomic mass is 16.4. The molecule has 8 N–H and O–H groups in total. The monoisotopic (exact) mass is 514 g/mol.